The number of pyridine rings is 1. The summed E-state index contributed by atoms with van der Waals surface area (Å²) in [5.41, 5.74) is 9.75. The molecule has 4 nitrogen and oxygen atoms in total. The molecule has 0 aliphatic heterocycles. The monoisotopic (exact) mass is 286 g/mol. The normalized spacial score (nSPS) is 10.5. The topological polar surface area (TPSA) is 57.4 Å². The molecule has 0 bridgehead atoms. The van der Waals surface area contributed by atoms with Crippen molar-refractivity contribution in [3.05, 3.63) is 46.8 Å². The number of ether oxygens (including phenoxy) is 2. The van der Waals surface area contributed by atoms with Gasteiger partial charge in [0.15, 0.2) is 11.5 Å². The van der Waals surface area contributed by atoms with Crippen LogP contribution in [0.25, 0.3) is 0 Å². The van der Waals surface area contributed by atoms with Gasteiger partial charge >= 0.3 is 0 Å². The van der Waals surface area contributed by atoms with Crippen molar-refractivity contribution in [3.8, 4) is 17.2 Å². The predicted molar refractivity (Wildman–Crippen MR) is 84.0 cm³/mol. The second-order valence-electron chi connectivity index (χ2n) is 4.97. The number of rotatable bonds is 5. The van der Waals surface area contributed by atoms with E-state index in [4.69, 9.17) is 15.2 Å². The van der Waals surface area contributed by atoms with Crippen molar-refractivity contribution in [2.45, 2.75) is 33.7 Å². The number of benzene rings is 1. The molecule has 0 spiro atoms. The lowest BCUT2D eigenvalue weighted by Gasteiger charge is -2.15. The molecule has 112 valence electrons. The Labute approximate surface area is 125 Å². The van der Waals surface area contributed by atoms with Gasteiger partial charge in [-0.3, -0.25) is 4.98 Å². The van der Waals surface area contributed by atoms with E-state index in [-0.39, 0.29) is 0 Å². The molecule has 2 rings (SSSR count). The number of nitrogens with zero attached hydrogens (tertiary/aromatic N) is 1. The molecular weight excluding hydrogens is 264 g/mol. The van der Waals surface area contributed by atoms with Crippen molar-refractivity contribution in [1.29, 1.82) is 0 Å². The average Bonchev–Trinajstić information content (AvgIpc) is 2.47. The van der Waals surface area contributed by atoms with Crippen LogP contribution in [0.3, 0.4) is 0 Å². The maximum Gasteiger partial charge on any atom is 0.169 e. The van der Waals surface area contributed by atoms with Gasteiger partial charge in [0.2, 0.25) is 0 Å². The highest BCUT2D eigenvalue weighted by Crippen LogP contribution is 2.34. The van der Waals surface area contributed by atoms with Crippen molar-refractivity contribution in [1.82, 2.24) is 4.98 Å². The Bertz CT molecular complexity index is 639. The fourth-order valence-corrected chi connectivity index (χ4v) is 2.29. The second-order valence-corrected chi connectivity index (χ2v) is 4.97. The van der Waals surface area contributed by atoms with Crippen LogP contribution in [0.1, 0.15) is 29.4 Å². The minimum Gasteiger partial charge on any atom is -0.493 e. The Morgan fingerprint density at radius 2 is 1.86 bits per heavy atom. The van der Waals surface area contributed by atoms with Crippen LogP contribution in [0, 0.1) is 13.8 Å². The molecular formula is C17H22N2O2. The van der Waals surface area contributed by atoms with Gasteiger partial charge in [-0.2, -0.15) is 0 Å². The summed E-state index contributed by atoms with van der Waals surface area (Å²) in [5, 5.41) is 0. The third kappa shape index (κ3) is 3.34. The van der Waals surface area contributed by atoms with E-state index in [0.29, 0.717) is 12.3 Å². The van der Waals surface area contributed by atoms with Gasteiger partial charge in [0.1, 0.15) is 5.75 Å². The molecule has 0 fully saturated rings. The zero-order valence-electron chi connectivity index (χ0n) is 13.1. The number of nitrogens with two attached hydrogens (primary N) is 1. The summed E-state index contributed by atoms with van der Waals surface area (Å²) < 4.78 is 11.5. The van der Waals surface area contributed by atoms with Gasteiger partial charge in [-0.15, -0.1) is 0 Å². The van der Waals surface area contributed by atoms with Gasteiger partial charge in [0, 0.05) is 29.6 Å². The third-order valence-electron chi connectivity index (χ3n) is 3.48. The average molecular weight is 286 g/mol. The van der Waals surface area contributed by atoms with Gasteiger partial charge in [0.25, 0.3) is 0 Å². The van der Waals surface area contributed by atoms with E-state index < -0.39 is 0 Å². The summed E-state index contributed by atoms with van der Waals surface area (Å²) >= 11 is 0. The number of aryl methyl sites for hydroxylation is 3. The van der Waals surface area contributed by atoms with Crippen LogP contribution in [-0.2, 0) is 13.0 Å². The minimum atomic E-state index is 0.393. The molecule has 1 aromatic carbocycles. The molecule has 1 aromatic heterocycles. The Balaban J connectivity index is 2.42. The number of hydrogen-bond acceptors (Lipinski definition) is 4. The van der Waals surface area contributed by atoms with Gasteiger partial charge in [-0.1, -0.05) is 13.0 Å². The van der Waals surface area contributed by atoms with Gasteiger partial charge in [-0.05, 0) is 38.0 Å². The summed E-state index contributed by atoms with van der Waals surface area (Å²) in [5.74, 6) is 2.16. The highest BCUT2D eigenvalue weighted by molar-refractivity contribution is 5.48. The lowest BCUT2D eigenvalue weighted by molar-refractivity contribution is 0.376. The fraction of sp³-hybridized carbons (Fsp3) is 0.353. The van der Waals surface area contributed by atoms with E-state index in [9.17, 15) is 0 Å². The van der Waals surface area contributed by atoms with Crippen LogP contribution < -0.4 is 15.2 Å². The van der Waals surface area contributed by atoms with Crippen LogP contribution in [-0.4, -0.2) is 12.1 Å². The van der Waals surface area contributed by atoms with Crippen LogP contribution in [0.5, 0.6) is 17.2 Å². The molecule has 0 atom stereocenters. The van der Waals surface area contributed by atoms with E-state index in [2.05, 4.69) is 11.9 Å². The molecule has 1 heterocycles. The Hall–Kier alpha value is -2.07. The van der Waals surface area contributed by atoms with Crippen molar-refractivity contribution in [2.75, 3.05) is 7.11 Å². The summed E-state index contributed by atoms with van der Waals surface area (Å²) in [6.07, 6.45) is 0.957. The molecule has 4 heteroatoms. The molecule has 0 unspecified atom stereocenters. The van der Waals surface area contributed by atoms with Gasteiger partial charge in [0.05, 0.1) is 7.11 Å². The van der Waals surface area contributed by atoms with Crippen LogP contribution in [0.4, 0.5) is 0 Å². The van der Waals surface area contributed by atoms with Gasteiger partial charge in [-0.25, -0.2) is 0 Å². The van der Waals surface area contributed by atoms with Crippen LogP contribution >= 0.6 is 0 Å². The largest absolute Gasteiger partial charge is 0.493 e. The Morgan fingerprint density at radius 1 is 1.10 bits per heavy atom. The van der Waals surface area contributed by atoms with E-state index in [1.165, 1.54) is 5.56 Å². The molecule has 0 amide bonds. The Kier molecular flexibility index (Phi) is 4.81. The molecule has 0 saturated heterocycles. The smallest absolute Gasteiger partial charge is 0.169 e. The maximum atomic E-state index is 6.04. The van der Waals surface area contributed by atoms with Crippen molar-refractivity contribution < 1.29 is 9.47 Å². The maximum absolute atomic E-state index is 6.04. The first-order valence-corrected chi connectivity index (χ1v) is 7.11. The fourth-order valence-electron chi connectivity index (χ4n) is 2.29. The third-order valence-corrected chi connectivity index (χ3v) is 3.48. The summed E-state index contributed by atoms with van der Waals surface area (Å²) in [6.45, 7) is 6.39. The van der Waals surface area contributed by atoms with Crippen LogP contribution in [0.2, 0.25) is 0 Å². The molecule has 0 aliphatic carbocycles. The van der Waals surface area contributed by atoms with Crippen molar-refractivity contribution >= 4 is 0 Å². The van der Waals surface area contributed by atoms with E-state index in [0.717, 1.165) is 34.9 Å². The van der Waals surface area contributed by atoms with Gasteiger partial charge < -0.3 is 15.2 Å². The first-order valence-electron chi connectivity index (χ1n) is 7.11. The minimum absolute atomic E-state index is 0.393. The second kappa shape index (κ2) is 6.59. The lowest BCUT2D eigenvalue weighted by atomic mass is 10.1. The lowest BCUT2D eigenvalue weighted by Crippen LogP contribution is -2.05. The number of methoxy groups -OCH3 is 1. The highest BCUT2D eigenvalue weighted by Gasteiger charge is 2.12. The van der Waals surface area contributed by atoms with E-state index >= 15 is 0 Å². The predicted octanol–water partition coefficient (Wildman–Crippen LogP) is 3.52. The molecule has 0 saturated carbocycles. The van der Waals surface area contributed by atoms with Crippen molar-refractivity contribution in [3.63, 3.8) is 0 Å². The quantitative estimate of drug-likeness (QED) is 0.913. The number of hydrogen-bond donors (Lipinski definition) is 1. The molecule has 21 heavy (non-hydrogen) atoms. The SMILES string of the molecule is CCc1ccc(Oc2cc(C)nc(C)c2CN)c(OC)c1. The zero-order valence-corrected chi connectivity index (χ0v) is 13.1. The summed E-state index contributed by atoms with van der Waals surface area (Å²) in [4.78, 5) is 4.43. The first kappa shape index (κ1) is 15.3. The standard InChI is InChI=1S/C17H22N2O2/c1-5-13-6-7-15(17(9-13)20-4)21-16-8-11(2)19-12(3)14(16)10-18/h6-9H,5,10,18H2,1-4H3. The molecule has 0 radical (unpaired) electrons. The highest BCUT2D eigenvalue weighted by atomic mass is 16.5. The van der Waals surface area contributed by atoms with Crippen molar-refractivity contribution in [2.24, 2.45) is 5.73 Å². The van der Waals surface area contributed by atoms with E-state index in [1.807, 2.05) is 38.1 Å². The summed E-state index contributed by atoms with van der Waals surface area (Å²) in [6, 6.07) is 7.88. The Morgan fingerprint density at radius 3 is 2.48 bits per heavy atom. The molecule has 2 aromatic rings. The van der Waals surface area contributed by atoms with E-state index in [1.54, 1.807) is 7.11 Å². The first-order chi connectivity index (χ1) is 10.1. The number of aromatic nitrogens is 1. The molecule has 2 N–H and O–H groups in total. The summed E-state index contributed by atoms with van der Waals surface area (Å²) in [7, 11) is 1.65. The van der Waals surface area contributed by atoms with Crippen LogP contribution in [0.15, 0.2) is 24.3 Å². The molecule has 0 aliphatic rings. The zero-order chi connectivity index (χ0) is 15.4.